The van der Waals surface area contributed by atoms with E-state index in [9.17, 15) is 4.79 Å². The van der Waals surface area contributed by atoms with Crippen molar-refractivity contribution in [2.75, 3.05) is 12.4 Å². The first-order valence-electron chi connectivity index (χ1n) is 9.28. The highest BCUT2D eigenvalue weighted by molar-refractivity contribution is 6.12. The van der Waals surface area contributed by atoms with Gasteiger partial charge in [-0.2, -0.15) is 0 Å². The maximum atomic E-state index is 13.5. The molecular formula is C25H19NO2. The van der Waals surface area contributed by atoms with Gasteiger partial charge in [0.05, 0.1) is 7.11 Å². The summed E-state index contributed by atoms with van der Waals surface area (Å²) in [6.45, 7) is 0. The van der Waals surface area contributed by atoms with E-state index in [-0.39, 0.29) is 5.91 Å². The predicted octanol–water partition coefficient (Wildman–Crippen LogP) is 5.13. The van der Waals surface area contributed by atoms with Crippen molar-refractivity contribution in [3.63, 3.8) is 0 Å². The number of anilines is 1. The molecule has 1 aliphatic rings. The van der Waals surface area contributed by atoms with Crippen LogP contribution in [0.3, 0.4) is 0 Å². The molecule has 1 amide bonds. The average molecular weight is 365 g/mol. The van der Waals surface area contributed by atoms with Gasteiger partial charge in [0.15, 0.2) is 0 Å². The summed E-state index contributed by atoms with van der Waals surface area (Å²) in [6.07, 6.45) is 0. The fraction of sp³-hybridized carbons (Fsp3) is 0.0800. The normalized spacial score (nSPS) is 18.0. The van der Waals surface area contributed by atoms with E-state index >= 15 is 0 Å². The molecule has 136 valence electrons. The molecule has 0 radical (unpaired) electrons. The van der Waals surface area contributed by atoms with Gasteiger partial charge in [-0.3, -0.25) is 4.79 Å². The van der Waals surface area contributed by atoms with Gasteiger partial charge < -0.3 is 10.1 Å². The predicted molar refractivity (Wildman–Crippen MR) is 112 cm³/mol. The Bertz CT molecular complexity index is 1200. The number of carbonyl (C=O) groups excluding carboxylic acids is 1. The number of rotatable bonds is 3. The third-order valence-corrected chi connectivity index (χ3v) is 5.61. The number of hydrogen-bond donors (Lipinski definition) is 1. The van der Waals surface area contributed by atoms with Crippen LogP contribution >= 0.6 is 0 Å². The number of amides is 1. The summed E-state index contributed by atoms with van der Waals surface area (Å²) in [5, 5.41) is 5.35. The molecule has 0 unspecified atom stereocenters. The Balaban J connectivity index is 1.87. The number of carbonyl (C=O) groups is 1. The number of hydrogen-bond acceptors (Lipinski definition) is 2. The highest BCUT2D eigenvalue weighted by Crippen LogP contribution is 2.49. The maximum absolute atomic E-state index is 13.5. The fourth-order valence-electron chi connectivity index (χ4n) is 4.26. The van der Waals surface area contributed by atoms with Crippen LogP contribution < -0.4 is 10.1 Å². The second-order valence-corrected chi connectivity index (χ2v) is 7.04. The van der Waals surface area contributed by atoms with Gasteiger partial charge in [-0.25, -0.2) is 0 Å². The van der Waals surface area contributed by atoms with Crippen LogP contribution in [-0.4, -0.2) is 13.0 Å². The lowest BCUT2D eigenvalue weighted by Gasteiger charge is -2.29. The number of benzene rings is 4. The van der Waals surface area contributed by atoms with E-state index in [2.05, 4.69) is 35.6 Å². The topological polar surface area (TPSA) is 38.3 Å². The molecule has 0 saturated heterocycles. The number of fused-ring (bicyclic) bond motifs is 2. The Labute approximate surface area is 163 Å². The average Bonchev–Trinajstić information content (AvgIpc) is 3.05. The van der Waals surface area contributed by atoms with Crippen LogP contribution in [0.25, 0.3) is 10.8 Å². The van der Waals surface area contributed by atoms with Crippen molar-refractivity contribution in [2.45, 2.75) is 5.41 Å². The van der Waals surface area contributed by atoms with Gasteiger partial charge in [0, 0.05) is 11.3 Å². The lowest BCUT2D eigenvalue weighted by atomic mass is 9.70. The molecule has 1 atom stereocenters. The summed E-state index contributed by atoms with van der Waals surface area (Å²) in [6, 6.07) is 30.2. The SMILES string of the molecule is COc1ccc2c(c1)[C@](c1ccccc1)(c1ccc3ccccc3c1)C(=O)N2. The van der Waals surface area contributed by atoms with E-state index in [1.807, 2.05) is 60.7 Å². The highest BCUT2D eigenvalue weighted by Gasteiger charge is 2.49. The molecule has 0 fully saturated rings. The molecule has 1 N–H and O–H groups in total. The largest absolute Gasteiger partial charge is 0.497 e. The molecule has 0 spiro atoms. The quantitative estimate of drug-likeness (QED) is 0.546. The Morgan fingerprint density at radius 1 is 0.750 bits per heavy atom. The fourth-order valence-corrected chi connectivity index (χ4v) is 4.26. The Kier molecular flexibility index (Phi) is 3.69. The second kappa shape index (κ2) is 6.24. The molecule has 3 nitrogen and oxygen atoms in total. The van der Waals surface area contributed by atoms with E-state index in [4.69, 9.17) is 4.74 Å². The third kappa shape index (κ3) is 2.26. The summed E-state index contributed by atoms with van der Waals surface area (Å²) < 4.78 is 5.47. The van der Waals surface area contributed by atoms with Crippen LogP contribution in [0.5, 0.6) is 5.75 Å². The molecule has 5 rings (SSSR count). The lowest BCUT2D eigenvalue weighted by molar-refractivity contribution is -0.118. The minimum Gasteiger partial charge on any atom is -0.497 e. The summed E-state index contributed by atoms with van der Waals surface area (Å²) in [7, 11) is 1.64. The van der Waals surface area contributed by atoms with E-state index in [0.717, 1.165) is 38.9 Å². The Morgan fingerprint density at radius 3 is 2.29 bits per heavy atom. The minimum atomic E-state index is -0.921. The first-order chi connectivity index (χ1) is 13.7. The molecule has 4 aromatic rings. The Morgan fingerprint density at radius 2 is 1.50 bits per heavy atom. The third-order valence-electron chi connectivity index (χ3n) is 5.61. The highest BCUT2D eigenvalue weighted by atomic mass is 16.5. The monoisotopic (exact) mass is 365 g/mol. The molecule has 1 aliphatic heterocycles. The van der Waals surface area contributed by atoms with Gasteiger partial charge >= 0.3 is 0 Å². The second-order valence-electron chi connectivity index (χ2n) is 7.04. The molecule has 0 bridgehead atoms. The number of ether oxygens (including phenoxy) is 1. The number of nitrogens with one attached hydrogen (secondary N) is 1. The minimum absolute atomic E-state index is 0.0442. The summed E-state index contributed by atoms with van der Waals surface area (Å²) in [4.78, 5) is 13.5. The van der Waals surface area contributed by atoms with Crippen LogP contribution in [0.1, 0.15) is 16.7 Å². The van der Waals surface area contributed by atoms with Crippen LogP contribution in [-0.2, 0) is 10.2 Å². The van der Waals surface area contributed by atoms with Crippen LogP contribution in [0, 0.1) is 0 Å². The van der Waals surface area contributed by atoms with E-state index in [0.29, 0.717) is 0 Å². The first kappa shape index (κ1) is 16.6. The number of methoxy groups -OCH3 is 1. The van der Waals surface area contributed by atoms with Crippen LogP contribution in [0.15, 0.2) is 91.0 Å². The van der Waals surface area contributed by atoms with E-state index in [1.54, 1.807) is 7.11 Å². The molecule has 3 heteroatoms. The van der Waals surface area contributed by atoms with Crippen molar-refractivity contribution in [3.05, 3.63) is 108 Å². The van der Waals surface area contributed by atoms with Gasteiger partial charge in [-0.15, -0.1) is 0 Å². The van der Waals surface area contributed by atoms with Gasteiger partial charge in [0.25, 0.3) is 0 Å². The maximum Gasteiger partial charge on any atom is 0.244 e. The van der Waals surface area contributed by atoms with Crippen LogP contribution in [0.4, 0.5) is 5.69 Å². The molecule has 4 aromatic carbocycles. The van der Waals surface area contributed by atoms with E-state index in [1.165, 1.54) is 0 Å². The van der Waals surface area contributed by atoms with Crippen molar-refractivity contribution in [1.29, 1.82) is 0 Å². The summed E-state index contributed by atoms with van der Waals surface area (Å²) in [5.41, 5.74) is 2.70. The van der Waals surface area contributed by atoms with Gasteiger partial charge in [0.1, 0.15) is 11.2 Å². The molecule has 0 saturated carbocycles. The summed E-state index contributed by atoms with van der Waals surface area (Å²) >= 11 is 0. The van der Waals surface area contributed by atoms with E-state index < -0.39 is 5.41 Å². The zero-order chi connectivity index (χ0) is 19.1. The summed E-state index contributed by atoms with van der Waals surface area (Å²) in [5.74, 6) is 0.688. The molecule has 0 aromatic heterocycles. The Hall–Kier alpha value is -3.59. The van der Waals surface area contributed by atoms with Crippen molar-refractivity contribution in [1.82, 2.24) is 0 Å². The molecule has 28 heavy (non-hydrogen) atoms. The van der Waals surface area contributed by atoms with Gasteiger partial charge in [0.2, 0.25) is 5.91 Å². The van der Waals surface area contributed by atoms with Crippen LogP contribution in [0.2, 0.25) is 0 Å². The standard InChI is InChI=1S/C25H19NO2/c1-28-21-13-14-23-22(16-21)25(24(27)26-23,19-9-3-2-4-10-19)20-12-11-17-7-5-6-8-18(17)15-20/h2-16H,1H3,(H,26,27)/t25-/m0/s1. The lowest BCUT2D eigenvalue weighted by Crippen LogP contribution is -2.37. The van der Waals surface area contributed by atoms with Gasteiger partial charge in [-0.1, -0.05) is 66.7 Å². The van der Waals surface area contributed by atoms with Crippen molar-refractivity contribution in [3.8, 4) is 5.75 Å². The van der Waals surface area contributed by atoms with Crippen molar-refractivity contribution in [2.24, 2.45) is 0 Å². The molecule has 0 aliphatic carbocycles. The van der Waals surface area contributed by atoms with Crippen molar-refractivity contribution < 1.29 is 9.53 Å². The first-order valence-corrected chi connectivity index (χ1v) is 9.28. The van der Waals surface area contributed by atoms with Crippen molar-refractivity contribution >= 4 is 22.4 Å². The van der Waals surface area contributed by atoms with Gasteiger partial charge in [-0.05, 0) is 46.2 Å². The smallest absolute Gasteiger partial charge is 0.244 e. The molecule has 1 heterocycles. The molecular weight excluding hydrogens is 346 g/mol. The zero-order valence-corrected chi connectivity index (χ0v) is 15.5. The zero-order valence-electron chi connectivity index (χ0n) is 15.5.